The molecule has 17 heavy (non-hydrogen) atoms. The maximum atomic E-state index is 3.72. The van der Waals surface area contributed by atoms with Crippen LogP contribution in [0.15, 0.2) is 28.7 Å². The normalized spacial score (nSPS) is 29.2. The first-order valence-electron chi connectivity index (χ1n) is 6.63. The van der Waals surface area contributed by atoms with Crippen LogP contribution in [0.4, 0.5) is 0 Å². The lowest BCUT2D eigenvalue weighted by Gasteiger charge is -2.33. The predicted molar refractivity (Wildman–Crippen MR) is 76.9 cm³/mol. The zero-order valence-electron chi connectivity index (χ0n) is 10.7. The van der Waals surface area contributed by atoms with E-state index >= 15 is 0 Å². The largest absolute Gasteiger partial charge is 0.310 e. The molecule has 0 aliphatic heterocycles. The second kappa shape index (κ2) is 6.01. The van der Waals surface area contributed by atoms with Gasteiger partial charge in [0.1, 0.15) is 0 Å². The third kappa shape index (κ3) is 3.82. The lowest BCUT2D eigenvalue weighted by molar-refractivity contribution is 0.227. The Labute approximate surface area is 113 Å². The molecule has 1 aromatic carbocycles. The number of rotatable bonds is 3. The SMILES string of the molecule is CC1CCC(C)C(NCc2ccc(Br)cc2)C1. The summed E-state index contributed by atoms with van der Waals surface area (Å²) in [5.74, 6) is 1.70. The van der Waals surface area contributed by atoms with Crippen LogP contribution in [-0.4, -0.2) is 6.04 Å². The summed E-state index contributed by atoms with van der Waals surface area (Å²) < 4.78 is 1.15. The van der Waals surface area contributed by atoms with E-state index in [1.165, 1.54) is 24.8 Å². The van der Waals surface area contributed by atoms with Crippen molar-refractivity contribution in [2.24, 2.45) is 11.8 Å². The van der Waals surface area contributed by atoms with Gasteiger partial charge in [-0.1, -0.05) is 48.3 Å². The lowest BCUT2D eigenvalue weighted by Crippen LogP contribution is -2.39. The number of benzene rings is 1. The smallest absolute Gasteiger partial charge is 0.0208 e. The molecular weight excluding hydrogens is 274 g/mol. The highest BCUT2D eigenvalue weighted by Crippen LogP contribution is 2.28. The van der Waals surface area contributed by atoms with Crippen LogP contribution < -0.4 is 5.32 Å². The van der Waals surface area contributed by atoms with Gasteiger partial charge in [-0.05, 0) is 42.4 Å². The highest BCUT2D eigenvalue weighted by atomic mass is 79.9. The monoisotopic (exact) mass is 295 g/mol. The van der Waals surface area contributed by atoms with Crippen LogP contribution in [0.25, 0.3) is 0 Å². The molecule has 1 saturated carbocycles. The van der Waals surface area contributed by atoms with Crippen LogP contribution in [0.3, 0.4) is 0 Å². The van der Waals surface area contributed by atoms with Gasteiger partial charge in [0.25, 0.3) is 0 Å². The molecule has 1 aliphatic carbocycles. The predicted octanol–water partition coefficient (Wildman–Crippen LogP) is 4.36. The van der Waals surface area contributed by atoms with Crippen LogP contribution in [0.1, 0.15) is 38.7 Å². The third-order valence-corrected chi connectivity index (χ3v) is 4.47. The summed E-state index contributed by atoms with van der Waals surface area (Å²) in [4.78, 5) is 0. The van der Waals surface area contributed by atoms with Gasteiger partial charge in [0.05, 0.1) is 0 Å². The molecule has 0 aromatic heterocycles. The van der Waals surface area contributed by atoms with Crippen molar-refractivity contribution in [3.05, 3.63) is 34.3 Å². The van der Waals surface area contributed by atoms with E-state index in [0.29, 0.717) is 6.04 Å². The van der Waals surface area contributed by atoms with Crippen molar-refractivity contribution in [3.8, 4) is 0 Å². The second-order valence-electron chi connectivity index (χ2n) is 5.51. The van der Waals surface area contributed by atoms with Gasteiger partial charge < -0.3 is 5.32 Å². The molecule has 3 atom stereocenters. The van der Waals surface area contributed by atoms with E-state index in [-0.39, 0.29) is 0 Å². The first-order valence-corrected chi connectivity index (χ1v) is 7.42. The van der Waals surface area contributed by atoms with Crippen LogP contribution in [0, 0.1) is 11.8 Å². The van der Waals surface area contributed by atoms with Crippen LogP contribution in [0.2, 0.25) is 0 Å². The Morgan fingerprint density at radius 2 is 1.88 bits per heavy atom. The summed E-state index contributed by atoms with van der Waals surface area (Å²) in [6.07, 6.45) is 4.11. The van der Waals surface area contributed by atoms with Crippen molar-refractivity contribution < 1.29 is 0 Å². The maximum Gasteiger partial charge on any atom is 0.0208 e. The van der Waals surface area contributed by atoms with Crippen molar-refractivity contribution in [1.29, 1.82) is 0 Å². The molecule has 0 saturated heterocycles. The molecule has 0 spiro atoms. The summed E-state index contributed by atoms with van der Waals surface area (Å²) in [6, 6.07) is 9.30. The Kier molecular flexibility index (Phi) is 4.63. The van der Waals surface area contributed by atoms with E-state index in [1.807, 2.05) is 0 Å². The topological polar surface area (TPSA) is 12.0 Å². The van der Waals surface area contributed by atoms with Crippen LogP contribution >= 0.6 is 15.9 Å². The molecule has 2 rings (SSSR count). The fourth-order valence-electron chi connectivity index (χ4n) is 2.67. The minimum Gasteiger partial charge on any atom is -0.310 e. The van der Waals surface area contributed by atoms with Crippen LogP contribution in [-0.2, 0) is 6.54 Å². The van der Waals surface area contributed by atoms with Gasteiger partial charge in [0.15, 0.2) is 0 Å². The molecule has 1 N–H and O–H groups in total. The van der Waals surface area contributed by atoms with Crippen molar-refractivity contribution in [2.45, 2.75) is 45.7 Å². The van der Waals surface area contributed by atoms with E-state index in [0.717, 1.165) is 22.9 Å². The minimum absolute atomic E-state index is 0.697. The first-order chi connectivity index (χ1) is 8.15. The standard InChI is InChI=1S/C15H22BrN/c1-11-3-4-12(2)15(9-11)17-10-13-5-7-14(16)8-6-13/h5-8,11-12,15,17H,3-4,9-10H2,1-2H3. The van der Waals surface area contributed by atoms with Gasteiger partial charge in [-0.3, -0.25) is 0 Å². The molecule has 1 aromatic rings. The number of nitrogens with one attached hydrogen (secondary N) is 1. The quantitative estimate of drug-likeness (QED) is 0.873. The maximum absolute atomic E-state index is 3.72. The molecule has 94 valence electrons. The highest BCUT2D eigenvalue weighted by molar-refractivity contribution is 9.10. The molecule has 3 unspecified atom stereocenters. The van der Waals surface area contributed by atoms with Gasteiger partial charge in [0.2, 0.25) is 0 Å². The van der Waals surface area contributed by atoms with Gasteiger partial charge in [0, 0.05) is 17.1 Å². The number of halogens is 1. The van der Waals surface area contributed by atoms with Crippen molar-refractivity contribution in [1.82, 2.24) is 5.32 Å². The summed E-state index contributed by atoms with van der Waals surface area (Å²) in [5, 5.41) is 3.72. The first kappa shape index (κ1) is 13.1. The number of hydrogen-bond acceptors (Lipinski definition) is 1. The van der Waals surface area contributed by atoms with E-state index in [9.17, 15) is 0 Å². The highest BCUT2D eigenvalue weighted by Gasteiger charge is 2.24. The average molecular weight is 296 g/mol. The fraction of sp³-hybridized carbons (Fsp3) is 0.600. The van der Waals surface area contributed by atoms with E-state index in [1.54, 1.807) is 0 Å². The summed E-state index contributed by atoms with van der Waals surface area (Å²) in [7, 11) is 0. The van der Waals surface area contributed by atoms with E-state index < -0.39 is 0 Å². The molecule has 1 aliphatic rings. The van der Waals surface area contributed by atoms with Crippen molar-refractivity contribution in [2.75, 3.05) is 0 Å². The van der Waals surface area contributed by atoms with Crippen molar-refractivity contribution in [3.63, 3.8) is 0 Å². The van der Waals surface area contributed by atoms with Crippen LogP contribution in [0.5, 0.6) is 0 Å². The minimum atomic E-state index is 0.697. The Morgan fingerprint density at radius 3 is 2.59 bits per heavy atom. The Bertz CT molecular complexity index is 346. The molecule has 1 nitrogen and oxygen atoms in total. The van der Waals surface area contributed by atoms with Crippen molar-refractivity contribution >= 4 is 15.9 Å². The molecular formula is C15H22BrN. The van der Waals surface area contributed by atoms with E-state index in [2.05, 4.69) is 59.4 Å². The fourth-order valence-corrected chi connectivity index (χ4v) is 2.93. The summed E-state index contributed by atoms with van der Waals surface area (Å²) in [5.41, 5.74) is 1.37. The molecule has 2 heteroatoms. The van der Waals surface area contributed by atoms with Gasteiger partial charge in [-0.25, -0.2) is 0 Å². The van der Waals surface area contributed by atoms with Gasteiger partial charge in [-0.15, -0.1) is 0 Å². The molecule has 1 fully saturated rings. The average Bonchev–Trinajstić information content (AvgIpc) is 2.32. The zero-order chi connectivity index (χ0) is 12.3. The third-order valence-electron chi connectivity index (χ3n) is 3.94. The molecule has 0 bridgehead atoms. The van der Waals surface area contributed by atoms with Gasteiger partial charge >= 0.3 is 0 Å². The second-order valence-corrected chi connectivity index (χ2v) is 6.43. The molecule has 0 radical (unpaired) electrons. The lowest BCUT2D eigenvalue weighted by atomic mass is 9.80. The molecule has 0 heterocycles. The summed E-state index contributed by atoms with van der Waals surface area (Å²) in [6.45, 7) is 5.75. The van der Waals surface area contributed by atoms with Gasteiger partial charge in [-0.2, -0.15) is 0 Å². The number of hydrogen-bond donors (Lipinski definition) is 1. The Hall–Kier alpha value is -0.340. The zero-order valence-corrected chi connectivity index (χ0v) is 12.3. The molecule has 0 amide bonds. The Morgan fingerprint density at radius 1 is 1.18 bits per heavy atom. The Balaban J connectivity index is 1.86. The summed E-state index contributed by atoms with van der Waals surface area (Å²) >= 11 is 3.47. The van der Waals surface area contributed by atoms with E-state index in [4.69, 9.17) is 0 Å².